The first-order chi connectivity index (χ1) is 7.28. The van der Waals surface area contributed by atoms with Gasteiger partial charge in [0.2, 0.25) is 5.13 Å². The van der Waals surface area contributed by atoms with Gasteiger partial charge in [-0.1, -0.05) is 18.3 Å². The molecule has 0 saturated carbocycles. The molecule has 6 heteroatoms. The highest BCUT2D eigenvalue weighted by atomic mass is 79.9. The molecule has 1 aliphatic rings. The minimum atomic E-state index is 0.757. The van der Waals surface area contributed by atoms with Crippen LogP contribution in [0.2, 0.25) is 0 Å². The molecule has 1 N–H and O–H groups in total. The molecule has 0 bridgehead atoms. The lowest BCUT2D eigenvalue weighted by atomic mass is 10.1. The van der Waals surface area contributed by atoms with Crippen molar-refractivity contribution in [2.45, 2.75) is 13.3 Å². The second kappa shape index (κ2) is 5.23. The van der Waals surface area contributed by atoms with Crippen LogP contribution < -0.4 is 5.32 Å². The highest BCUT2D eigenvalue weighted by Gasteiger charge is 2.20. The zero-order valence-electron chi connectivity index (χ0n) is 8.74. The Bertz CT molecular complexity index is 317. The van der Waals surface area contributed by atoms with E-state index in [0.717, 1.165) is 21.5 Å². The molecule has 15 heavy (non-hydrogen) atoms. The van der Waals surface area contributed by atoms with Crippen molar-refractivity contribution in [3.63, 3.8) is 0 Å². The molecule has 1 aromatic heterocycles. The summed E-state index contributed by atoms with van der Waals surface area (Å²) in [4.78, 5) is 2.49. The van der Waals surface area contributed by atoms with Gasteiger partial charge in [0.25, 0.3) is 0 Å². The first kappa shape index (κ1) is 11.3. The molecule has 0 aliphatic carbocycles. The molecule has 4 nitrogen and oxygen atoms in total. The predicted octanol–water partition coefficient (Wildman–Crippen LogP) is 2.05. The van der Waals surface area contributed by atoms with Crippen molar-refractivity contribution in [2.24, 2.45) is 5.92 Å². The molecule has 1 atom stereocenters. The third-order valence-electron chi connectivity index (χ3n) is 2.76. The summed E-state index contributed by atoms with van der Waals surface area (Å²) < 4.78 is 0.839. The van der Waals surface area contributed by atoms with Crippen molar-refractivity contribution in [2.75, 3.05) is 31.5 Å². The number of hydrogen-bond donors (Lipinski definition) is 1. The molecule has 1 unspecified atom stereocenters. The van der Waals surface area contributed by atoms with Crippen molar-refractivity contribution >= 4 is 32.4 Å². The Kier molecular flexibility index (Phi) is 3.93. The van der Waals surface area contributed by atoms with E-state index in [1.807, 2.05) is 0 Å². The molecule has 2 heterocycles. The lowest BCUT2D eigenvalue weighted by Gasteiger charge is -2.12. The van der Waals surface area contributed by atoms with Crippen LogP contribution in [-0.2, 0) is 0 Å². The van der Waals surface area contributed by atoms with Crippen LogP contribution >= 0.6 is 27.3 Å². The van der Waals surface area contributed by atoms with Gasteiger partial charge in [0.15, 0.2) is 3.92 Å². The maximum Gasteiger partial charge on any atom is 0.206 e. The van der Waals surface area contributed by atoms with E-state index in [0.29, 0.717) is 0 Å². The molecular weight excluding hydrogens is 276 g/mol. The summed E-state index contributed by atoms with van der Waals surface area (Å²) in [5.74, 6) is 0.757. The second-order valence-corrected chi connectivity index (χ2v) is 6.04. The summed E-state index contributed by atoms with van der Waals surface area (Å²) in [6.45, 7) is 6.85. The number of rotatable bonds is 4. The zero-order chi connectivity index (χ0) is 10.7. The quantitative estimate of drug-likeness (QED) is 0.922. The largest absolute Gasteiger partial charge is 0.360 e. The molecule has 84 valence electrons. The number of nitrogens with one attached hydrogen (secondary N) is 1. The summed E-state index contributed by atoms with van der Waals surface area (Å²) in [5.41, 5.74) is 0. The van der Waals surface area contributed by atoms with Gasteiger partial charge in [0.05, 0.1) is 0 Å². The van der Waals surface area contributed by atoms with Crippen LogP contribution in [0.25, 0.3) is 0 Å². The van der Waals surface area contributed by atoms with E-state index in [1.54, 1.807) is 11.3 Å². The minimum Gasteiger partial charge on any atom is -0.360 e. The topological polar surface area (TPSA) is 41.0 Å². The third-order valence-corrected chi connectivity index (χ3v) is 4.07. The molecule has 1 aliphatic heterocycles. The monoisotopic (exact) mass is 290 g/mol. The van der Waals surface area contributed by atoms with Gasteiger partial charge in [-0.25, -0.2) is 0 Å². The summed E-state index contributed by atoms with van der Waals surface area (Å²) in [5, 5.41) is 12.2. The van der Waals surface area contributed by atoms with Gasteiger partial charge in [0, 0.05) is 13.1 Å². The number of nitrogens with zero attached hydrogens (tertiary/aromatic N) is 3. The molecule has 1 aromatic rings. The van der Waals surface area contributed by atoms with Gasteiger partial charge in [-0.3, -0.25) is 0 Å². The molecule has 1 saturated heterocycles. The van der Waals surface area contributed by atoms with E-state index in [2.05, 4.69) is 43.3 Å². The van der Waals surface area contributed by atoms with E-state index in [4.69, 9.17) is 0 Å². The number of hydrogen-bond acceptors (Lipinski definition) is 5. The molecule has 1 fully saturated rings. The fraction of sp³-hybridized carbons (Fsp3) is 0.778. The average molecular weight is 291 g/mol. The molecule has 2 rings (SSSR count). The maximum atomic E-state index is 4.01. The number of halogens is 1. The fourth-order valence-corrected chi connectivity index (χ4v) is 2.89. The van der Waals surface area contributed by atoms with E-state index in [9.17, 15) is 0 Å². The fourth-order valence-electron chi connectivity index (χ4n) is 1.88. The van der Waals surface area contributed by atoms with Crippen molar-refractivity contribution < 1.29 is 0 Å². The van der Waals surface area contributed by atoms with Gasteiger partial charge in [-0.2, -0.15) is 0 Å². The van der Waals surface area contributed by atoms with Crippen molar-refractivity contribution in [1.29, 1.82) is 0 Å². The molecule has 0 amide bonds. The normalized spacial score (nSPS) is 22.1. The van der Waals surface area contributed by atoms with Gasteiger partial charge in [-0.05, 0) is 41.4 Å². The van der Waals surface area contributed by atoms with Crippen molar-refractivity contribution in [1.82, 2.24) is 15.1 Å². The number of anilines is 1. The molecule has 0 radical (unpaired) electrons. The Morgan fingerprint density at radius 1 is 1.60 bits per heavy atom. The third kappa shape index (κ3) is 3.12. The van der Waals surface area contributed by atoms with Gasteiger partial charge in [-0.15, -0.1) is 10.2 Å². The van der Waals surface area contributed by atoms with Crippen LogP contribution in [0.4, 0.5) is 5.13 Å². The van der Waals surface area contributed by atoms with E-state index in [1.165, 1.54) is 26.1 Å². The van der Waals surface area contributed by atoms with Gasteiger partial charge in [0.1, 0.15) is 0 Å². The summed E-state index contributed by atoms with van der Waals surface area (Å²) >= 11 is 4.85. The lowest BCUT2D eigenvalue weighted by Crippen LogP contribution is -2.22. The Hall–Kier alpha value is -0.200. The molecular formula is C9H15BrN4S. The number of likely N-dealkylation sites (tertiary alicyclic amines) is 1. The van der Waals surface area contributed by atoms with Crippen LogP contribution in [0.5, 0.6) is 0 Å². The summed E-state index contributed by atoms with van der Waals surface area (Å²) in [7, 11) is 0. The highest BCUT2D eigenvalue weighted by Crippen LogP contribution is 2.21. The Morgan fingerprint density at radius 3 is 3.07 bits per heavy atom. The summed E-state index contributed by atoms with van der Waals surface area (Å²) in [6, 6.07) is 0. The Labute approximate surface area is 102 Å². The summed E-state index contributed by atoms with van der Waals surface area (Å²) in [6.07, 6.45) is 1.29. The van der Waals surface area contributed by atoms with Crippen molar-refractivity contribution in [3.05, 3.63) is 3.92 Å². The Balaban J connectivity index is 1.75. The van der Waals surface area contributed by atoms with E-state index >= 15 is 0 Å². The molecule has 0 aromatic carbocycles. The van der Waals surface area contributed by atoms with Gasteiger partial charge < -0.3 is 10.2 Å². The van der Waals surface area contributed by atoms with Gasteiger partial charge >= 0.3 is 0 Å². The van der Waals surface area contributed by atoms with Crippen molar-refractivity contribution in [3.8, 4) is 0 Å². The SMILES string of the molecule is CCN1CCC(CNc2nnc(Br)s2)C1. The second-order valence-electron chi connectivity index (χ2n) is 3.79. The Morgan fingerprint density at radius 2 is 2.47 bits per heavy atom. The van der Waals surface area contributed by atoms with E-state index < -0.39 is 0 Å². The van der Waals surface area contributed by atoms with E-state index in [-0.39, 0.29) is 0 Å². The van der Waals surface area contributed by atoms with Crippen LogP contribution in [0.15, 0.2) is 3.92 Å². The lowest BCUT2D eigenvalue weighted by molar-refractivity contribution is 0.345. The highest BCUT2D eigenvalue weighted by molar-refractivity contribution is 9.11. The van der Waals surface area contributed by atoms with Crippen LogP contribution in [0, 0.1) is 5.92 Å². The van der Waals surface area contributed by atoms with Crippen LogP contribution in [0.1, 0.15) is 13.3 Å². The predicted molar refractivity (Wildman–Crippen MR) is 66.3 cm³/mol. The molecule has 0 spiro atoms. The first-order valence-corrected chi connectivity index (χ1v) is 6.84. The van der Waals surface area contributed by atoms with Crippen LogP contribution in [-0.4, -0.2) is 41.3 Å². The standard InChI is InChI=1S/C9H15BrN4S/c1-2-14-4-3-7(6-14)5-11-9-13-12-8(10)15-9/h7H,2-6H2,1H3,(H,11,13). The van der Waals surface area contributed by atoms with Crippen LogP contribution in [0.3, 0.4) is 0 Å². The first-order valence-electron chi connectivity index (χ1n) is 5.23. The smallest absolute Gasteiger partial charge is 0.206 e. The average Bonchev–Trinajstić information content (AvgIpc) is 2.83. The zero-order valence-corrected chi connectivity index (χ0v) is 11.1. The maximum absolute atomic E-state index is 4.01. The minimum absolute atomic E-state index is 0.757. The number of aromatic nitrogens is 2.